The van der Waals surface area contributed by atoms with Gasteiger partial charge in [-0.15, -0.1) is 4.40 Å². The molecule has 6 nitrogen and oxygen atoms in total. The minimum atomic E-state index is -3.70. The van der Waals surface area contributed by atoms with Crippen molar-refractivity contribution in [3.63, 3.8) is 0 Å². The predicted molar refractivity (Wildman–Crippen MR) is 71.1 cm³/mol. The number of fused-ring (bicyclic) bond motifs is 1. The summed E-state index contributed by atoms with van der Waals surface area (Å²) in [5, 5.41) is 3.03. The number of carbonyl (C=O) groups is 1. The number of nitrogens with zero attached hydrogens (tertiary/aromatic N) is 1. The zero-order chi connectivity index (χ0) is 13.3. The van der Waals surface area contributed by atoms with Crippen LogP contribution >= 0.6 is 11.8 Å². The topological polar surface area (TPSA) is 102 Å². The Hall–Kier alpha value is -1.54. The van der Waals surface area contributed by atoms with E-state index in [1.807, 2.05) is 6.92 Å². The van der Waals surface area contributed by atoms with Gasteiger partial charge in [0.25, 0.3) is 10.0 Å². The van der Waals surface area contributed by atoms with Gasteiger partial charge in [0.05, 0.1) is 11.4 Å². The minimum Gasteiger partial charge on any atom is -0.369 e. The first-order chi connectivity index (χ1) is 8.38. The summed E-state index contributed by atoms with van der Waals surface area (Å²) in [6.07, 6.45) is 0. The standard InChI is InChI=1S/C10H11N3O3S2/c1-6-2-3-8-7(4-6)12-10(13-18(8,15)16)17-5-9(11)14/h2-4H,5H2,1H3,(H2,11,14)(H,12,13). The Morgan fingerprint density at radius 1 is 1.50 bits per heavy atom. The number of aryl methyl sites for hydroxylation is 1. The van der Waals surface area contributed by atoms with Gasteiger partial charge in [-0.3, -0.25) is 4.79 Å². The second-order valence-corrected chi connectivity index (χ2v) is 6.29. The first kappa shape index (κ1) is 12.9. The number of nitrogens with one attached hydrogen (secondary N) is 1. The molecule has 1 amide bonds. The van der Waals surface area contributed by atoms with Crippen LogP contribution in [0.5, 0.6) is 0 Å². The lowest BCUT2D eigenvalue weighted by molar-refractivity contribution is -0.115. The number of primary amides is 1. The molecule has 0 saturated heterocycles. The van der Waals surface area contributed by atoms with Crippen molar-refractivity contribution >= 4 is 38.5 Å². The fourth-order valence-corrected chi connectivity index (χ4v) is 3.42. The van der Waals surface area contributed by atoms with E-state index in [0.29, 0.717) is 5.69 Å². The average Bonchev–Trinajstić information content (AvgIpc) is 2.24. The highest BCUT2D eigenvalue weighted by Gasteiger charge is 2.25. The molecule has 1 heterocycles. The van der Waals surface area contributed by atoms with E-state index in [9.17, 15) is 13.2 Å². The molecule has 1 aromatic rings. The van der Waals surface area contributed by atoms with Crippen LogP contribution < -0.4 is 11.1 Å². The zero-order valence-electron chi connectivity index (χ0n) is 9.50. The maximum atomic E-state index is 11.9. The molecule has 1 aliphatic heterocycles. The van der Waals surface area contributed by atoms with Crippen molar-refractivity contribution in [3.8, 4) is 0 Å². The summed E-state index contributed by atoms with van der Waals surface area (Å²) >= 11 is 0.962. The summed E-state index contributed by atoms with van der Waals surface area (Å²) in [6.45, 7) is 1.86. The molecular formula is C10H11N3O3S2. The third-order valence-electron chi connectivity index (χ3n) is 2.21. The zero-order valence-corrected chi connectivity index (χ0v) is 11.1. The monoisotopic (exact) mass is 285 g/mol. The van der Waals surface area contributed by atoms with E-state index >= 15 is 0 Å². The average molecular weight is 285 g/mol. The first-order valence-electron chi connectivity index (χ1n) is 5.02. The molecular weight excluding hydrogens is 274 g/mol. The van der Waals surface area contributed by atoms with E-state index in [2.05, 4.69) is 9.71 Å². The van der Waals surface area contributed by atoms with E-state index < -0.39 is 15.9 Å². The van der Waals surface area contributed by atoms with Crippen molar-refractivity contribution < 1.29 is 13.2 Å². The van der Waals surface area contributed by atoms with Crippen molar-refractivity contribution in [2.24, 2.45) is 10.1 Å². The van der Waals surface area contributed by atoms with Gasteiger partial charge in [0, 0.05) is 0 Å². The van der Waals surface area contributed by atoms with Crippen LogP contribution in [0.25, 0.3) is 0 Å². The van der Waals surface area contributed by atoms with Gasteiger partial charge in [0.1, 0.15) is 4.90 Å². The number of thioether (sulfide) groups is 1. The van der Waals surface area contributed by atoms with E-state index in [-0.39, 0.29) is 15.8 Å². The number of nitrogens with two attached hydrogens (primary N) is 1. The molecule has 18 heavy (non-hydrogen) atoms. The maximum Gasteiger partial charge on any atom is 0.286 e. The molecule has 0 aliphatic carbocycles. The SMILES string of the molecule is Cc1ccc2c(c1)NC(SCC(N)=O)=NS2(=O)=O. The van der Waals surface area contributed by atoms with Gasteiger partial charge in [0.2, 0.25) is 5.91 Å². The number of hydrogen-bond acceptors (Lipinski definition) is 5. The number of amides is 1. The molecule has 0 radical (unpaired) electrons. The van der Waals surface area contributed by atoms with Gasteiger partial charge in [-0.25, -0.2) is 0 Å². The van der Waals surface area contributed by atoms with Crippen LogP contribution in [0.4, 0.5) is 5.69 Å². The number of hydrogen-bond donors (Lipinski definition) is 2. The largest absolute Gasteiger partial charge is 0.369 e. The fourth-order valence-electron chi connectivity index (χ4n) is 1.46. The molecule has 1 aromatic carbocycles. The number of rotatable bonds is 2. The van der Waals surface area contributed by atoms with Crippen LogP contribution in [-0.4, -0.2) is 25.2 Å². The number of anilines is 1. The molecule has 0 unspecified atom stereocenters. The van der Waals surface area contributed by atoms with Crippen molar-refractivity contribution in [2.45, 2.75) is 11.8 Å². The highest BCUT2D eigenvalue weighted by Crippen LogP contribution is 2.29. The minimum absolute atomic E-state index is 0.0253. The number of benzene rings is 1. The molecule has 0 aromatic heterocycles. The van der Waals surface area contributed by atoms with Crippen LogP contribution in [-0.2, 0) is 14.8 Å². The normalized spacial score (nSPS) is 16.4. The first-order valence-corrected chi connectivity index (χ1v) is 7.45. The fraction of sp³-hybridized carbons (Fsp3) is 0.200. The van der Waals surface area contributed by atoms with E-state index in [0.717, 1.165) is 17.3 Å². The molecule has 3 N–H and O–H groups in total. The van der Waals surface area contributed by atoms with Gasteiger partial charge in [-0.05, 0) is 24.6 Å². The van der Waals surface area contributed by atoms with Crippen LogP contribution in [0.15, 0.2) is 27.5 Å². The molecule has 0 atom stereocenters. The van der Waals surface area contributed by atoms with Gasteiger partial charge in [-0.1, -0.05) is 17.8 Å². The third kappa shape index (κ3) is 2.65. The third-order valence-corrected chi connectivity index (χ3v) is 4.55. The van der Waals surface area contributed by atoms with Crippen molar-refractivity contribution in [1.82, 2.24) is 0 Å². The summed E-state index contributed by atoms with van der Waals surface area (Å²) in [5.41, 5.74) is 6.40. The summed E-state index contributed by atoms with van der Waals surface area (Å²) in [6, 6.07) is 4.92. The Morgan fingerprint density at radius 2 is 2.22 bits per heavy atom. The van der Waals surface area contributed by atoms with Gasteiger partial charge >= 0.3 is 0 Å². The number of carbonyl (C=O) groups excluding carboxylic acids is 1. The van der Waals surface area contributed by atoms with Crippen LogP contribution in [0.1, 0.15) is 5.56 Å². The molecule has 0 saturated carbocycles. The molecule has 96 valence electrons. The Kier molecular flexibility index (Phi) is 3.31. The molecule has 0 fully saturated rings. The number of sulfonamides is 1. The lowest BCUT2D eigenvalue weighted by Gasteiger charge is -2.17. The van der Waals surface area contributed by atoms with Gasteiger partial charge in [-0.2, -0.15) is 8.42 Å². The molecule has 8 heteroatoms. The predicted octanol–water partition coefficient (Wildman–Crippen LogP) is 0.684. The summed E-state index contributed by atoms with van der Waals surface area (Å²) < 4.78 is 27.4. The van der Waals surface area contributed by atoms with Crippen molar-refractivity contribution in [2.75, 3.05) is 11.1 Å². The summed E-state index contributed by atoms with van der Waals surface area (Å²) in [7, 11) is -3.70. The Bertz CT molecular complexity index is 638. The quantitative estimate of drug-likeness (QED) is 0.832. The van der Waals surface area contributed by atoms with Gasteiger partial charge in [0.15, 0.2) is 5.17 Å². The lowest BCUT2D eigenvalue weighted by atomic mass is 10.2. The highest BCUT2D eigenvalue weighted by molar-refractivity contribution is 8.15. The van der Waals surface area contributed by atoms with Crippen molar-refractivity contribution in [3.05, 3.63) is 23.8 Å². The van der Waals surface area contributed by atoms with E-state index in [1.54, 1.807) is 12.1 Å². The van der Waals surface area contributed by atoms with E-state index in [1.165, 1.54) is 6.07 Å². The number of amidine groups is 1. The lowest BCUT2D eigenvalue weighted by Crippen LogP contribution is -2.22. The molecule has 0 spiro atoms. The smallest absolute Gasteiger partial charge is 0.286 e. The second-order valence-electron chi connectivity index (χ2n) is 3.75. The van der Waals surface area contributed by atoms with Crippen molar-refractivity contribution in [1.29, 1.82) is 0 Å². The summed E-state index contributed by atoms with van der Waals surface area (Å²) in [4.78, 5) is 10.8. The molecule has 0 bridgehead atoms. The second kappa shape index (κ2) is 4.62. The van der Waals surface area contributed by atoms with Crippen LogP contribution in [0.2, 0.25) is 0 Å². The Morgan fingerprint density at radius 3 is 2.89 bits per heavy atom. The highest BCUT2D eigenvalue weighted by atomic mass is 32.2. The summed E-state index contributed by atoms with van der Waals surface area (Å²) in [5.74, 6) is -0.556. The Balaban J connectivity index is 2.36. The van der Waals surface area contributed by atoms with Crippen LogP contribution in [0, 0.1) is 6.92 Å². The van der Waals surface area contributed by atoms with Crippen LogP contribution in [0.3, 0.4) is 0 Å². The Labute approximate surface area is 109 Å². The molecule has 2 rings (SSSR count). The van der Waals surface area contributed by atoms with Gasteiger partial charge < -0.3 is 11.1 Å². The maximum absolute atomic E-state index is 11.9. The molecule has 1 aliphatic rings. The van der Waals surface area contributed by atoms with E-state index in [4.69, 9.17) is 5.73 Å².